The highest BCUT2D eigenvalue weighted by atomic mass is 35.5. The van der Waals surface area contributed by atoms with Gasteiger partial charge in [-0.15, -0.1) is 0 Å². The Morgan fingerprint density at radius 3 is 2.81 bits per heavy atom. The van der Waals surface area contributed by atoms with Crippen LogP contribution >= 0.6 is 11.6 Å². The quantitative estimate of drug-likeness (QED) is 0.616. The maximum atomic E-state index is 12.6. The number of nitrogens with one attached hydrogen (secondary N) is 2. The van der Waals surface area contributed by atoms with Crippen molar-refractivity contribution >= 4 is 28.4 Å². The molecule has 7 heteroatoms. The second-order valence-electron chi connectivity index (χ2n) is 5.42. The number of nitrogens with zero attached hydrogens (tertiary/aromatic N) is 1. The summed E-state index contributed by atoms with van der Waals surface area (Å²) in [6.45, 7) is -0.0275. The molecular formula is C19H14ClN3O3. The van der Waals surface area contributed by atoms with E-state index in [4.69, 9.17) is 16.7 Å². The number of hydrogen-bond donors (Lipinski definition) is 3. The molecule has 2 heterocycles. The monoisotopic (exact) mass is 367 g/mol. The van der Waals surface area contributed by atoms with Gasteiger partial charge in [0.15, 0.2) is 0 Å². The Morgan fingerprint density at radius 1 is 1.31 bits per heavy atom. The van der Waals surface area contributed by atoms with Crippen LogP contribution in [-0.2, 0) is 6.54 Å². The van der Waals surface area contributed by atoms with Gasteiger partial charge in [-0.2, -0.15) is 0 Å². The Kier molecular flexibility index (Phi) is 5.32. The SMILES string of the molecule is O=C(NCc1ccc(Cl)cc1)c1c[nH]c2cnc(C#CCO)cc2c1=O. The summed E-state index contributed by atoms with van der Waals surface area (Å²) in [5, 5.41) is 12.4. The summed E-state index contributed by atoms with van der Waals surface area (Å²) in [7, 11) is 0. The molecule has 0 saturated heterocycles. The van der Waals surface area contributed by atoms with E-state index >= 15 is 0 Å². The molecule has 0 unspecified atom stereocenters. The third-order valence-corrected chi connectivity index (χ3v) is 3.92. The van der Waals surface area contributed by atoms with Gasteiger partial charge in [0.2, 0.25) is 5.43 Å². The molecular weight excluding hydrogens is 354 g/mol. The molecule has 130 valence electrons. The van der Waals surface area contributed by atoms with Gasteiger partial charge >= 0.3 is 0 Å². The van der Waals surface area contributed by atoms with E-state index in [1.165, 1.54) is 18.5 Å². The molecule has 0 aliphatic heterocycles. The van der Waals surface area contributed by atoms with Crippen LogP contribution in [0.5, 0.6) is 0 Å². The van der Waals surface area contributed by atoms with E-state index in [1.807, 2.05) is 0 Å². The number of carbonyl (C=O) groups excluding carboxylic acids is 1. The van der Waals surface area contributed by atoms with Gasteiger partial charge in [-0.25, -0.2) is 4.98 Å². The normalized spacial score (nSPS) is 10.2. The van der Waals surface area contributed by atoms with Gasteiger partial charge in [-0.1, -0.05) is 29.7 Å². The van der Waals surface area contributed by atoms with Gasteiger partial charge < -0.3 is 15.4 Å². The van der Waals surface area contributed by atoms with Crippen LogP contribution in [0.3, 0.4) is 0 Å². The number of aromatic amines is 1. The van der Waals surface area contributed by atoms with E-state index in [0.29, 0.717) is 21.6 Å². The summed E-state index contributed by atoms with van der Waals surface area (Å²) in [5.74, 6) is 4.63. The summed E-state index contributed by atoms with van der Waals surface area (Å²) in [6, 6.07) is 8.55. The van der Waals surface area contributed by atoms with Crippen molar-refractivity contribution < 1.29 is 9.90 Å². The minimum atomic E-state index is -0.483. The average molecular weight is 368 g/mol. The number of H-pyrrole nitrogens is 1. The summed E-state index contributed by atoms with van der Waals surface area (Å²) >= 11 is 5.83. The van der Waals surface area contributed by atoms with Gasteiger partial charge in [0.05, 0.1) is 17.1 Å². The second-order valence-corrected chi connectivity index (χ2v) is 5.85. The van der Waals surface area contributed by atoms with E-state index < -0.39 is 11.3 Å². The number of benzene rings is 1. The standard InChI is InChI=1S/C19H14ClN3O3/c20-13-5-3-12(4-6-13)9-23-19(26)16-10-22-17-11-21-14(2-1-7-24)8-15(17)18(16)25/h3-6,8,10-11,24H,7,9H2,(H,22,25)(H,23,26). The number of pyridine rings is 2. The highest BCUT2D eigenvalue weighted by Gasteiger charge is 2.13. The number of aromatic nitrogens is 2. The molecule has 0 aliphatic rings. The first-order chi connectivity index (χ1) is 12.6. The van der Waals surface area contributed by atoms with E-state index in [0.717, 1.165) is 5.56 Å². The zero-order chi connectivity index (χ0) is 18.5. The van der Waals surface area contributed by atoms with Gasteiger partial charge in [-0.05, 0) is 29.7 Å². The summed E-state index contributed by atoms with van der Waals surface area (Å²) in [6.07, 6.45) is 2.83. The summed E-state index contributed by atoms with van der Waals surface area (Å²) < 4.78 is 0. The van der Waals surface area contributed by atoms with Gasteiger partial charge in [-0.3, -0.25) is 9.59 Å². The first-order valence-electron chi connectivity index (χ1n) is 7.72. The van der Waals surface area contributed by atoms with E-state index in [9.17, 15) is 9.59 Å². The van der Waals surface area contributed by atoms with Crippen molar-refractivity contribution in [2.75, 3.05) is 6.61 Å². The molecule has 1 aromatic carbocycles. The molecule has 2 aromatic heterocycles. The number of rotatable bonds is 3. The average Bonchev–Trinajstić information content (AvgIpc) is 2.66. The molecule has 0 atom stereocenters. The Balaban J connectivity index is 1.86. The highest BCUT2D eigenvalue weighted by Crippen LogP contribution is 2.10. The van der Waals surface area contributed by atoms with Crippen molar-refractivity contribution in [3.8, 4) is 11.8 Å². The van der Waals surface area contributed by atoms with Crippen LogP contribution in [-0.4, -0.2) is 27.6 Å². The largest absolute Gasteiger partial charge is 0.384 e. The van der Waals surface area contributed by atoms with Crippen molar-refractivity contribution in [2.24, 2.45) is 0 Å². The minimum Gasteiger partial charge on any atom is -0.384 e. The van der Waals surface area contributed by atoms with E-state index in [1.54, 1.807) is 24.3 Å². The predicted molar refractivity (Wildman–Crippen MR) is 98.9 cm³/mol. The molecule has 3 N–H and O–H groups in total. The Morgan fingerprint density at radius 2 is 2.08 bits per heavy atom. The third-order valence-electron chi connectivity index (χ3n) is 3.67. The second kappa shape index (κ2) is 7.83. The van der Waals surface area contributed by atoms with Gasteiger partial charge in [0.1, 0.15) is 17.9 Å². The van der Waals surface area contributed by atoms with Crippen molar-refractivity contribution in [3.05, 3.63) is 74.8 Å². The molecule has 0 bridgehead atoms. The fraction of sp³-hybridized carbons (Fsp3) is 0.105. The number of aliphatic hydroxyl groups excluding tert-OH is 1. The lowest BCUT2D eigenvalue weighted by Gasteiger charge is -2.06. The fourth-order valence-corrected chi connectivity index (χ4v) is 2.49. The number of halogens is 1. The Labute approximate surface area is 153 Å². The lowest BCUT2D eigenvalue weighted by atomic mass is 10.1. The van der Waals surface area contributed by atoms with Crippen LogP contribution < -0.4 is 10.7 Å². The number of fused-ring (bicyclic) bond motifs is 1. The van der Waals surface area contributed by atoms with Crippen molar-refractivity contribution in [1.82, 2.24) is 15.3 Å². The molecule has 6 nitrogen and oxygen atoms in total. The zero-order valence-electron chi connectivity index (χ0n) is 13.5. The van der Waals surface area contributed by atoms with Crippen LogP contribution in [0.15, 0.2) is 47.5 Å². The van der Waals surface area contributed by atoms with Crippen molar-refractivity contribution in [2.45, 2.75) is 6.54 Å². The predicted octanol–water partition coefficient (Wildman–Crippen LogP) is 1.85. The maximum Gasteiger partial charge on any atom is 0.257 e. The van der Waals surface area contributed by atoms with Gasteiger partial charge in [0, 0.05) is 17.8 Å². The highest BCUT2D eigenvalue weighted by molar-refractivity contribution is 6.30. The molecule has 3 aromatic rings. The molecule has 3 rings (SSSR count). The van der Waals surface area contributed by atoms with Crippen molar-refractivity contribution in [1.29, 1.82) is 0 Å². The molecule has 0 spiro atoms. The van der Waals surface area contributed by atoms with E-state index in [-0.39, 0.29) is 18.7 Å². The summed E-state index contributed by atoms with van der Waals surface area (Å²) in [4.78, 5) is 32.0. The summed E-state index contributed by atoms with van der Waals surface area (Å²) in [5.41, 5.74) is 1.29. The fourth-order valence-electron chi connectivity index (χ4n) is 2.37. The number of aliphatic hydroxyl groups is 1. The van der Waals surface area contributed by atoms with Crippen LogP contribution in [0.25, 0.3) is 10.9 Å². The Bertz CT molecular complexity index is 1080. The third kappa shape index (κ3) is 3.91. The topological polar surface area (TPSA) is 95.1 Å². The van der Waals surface area contributed by atoms with Crippen LogP contribution in [0, 0.1) is 11.8 Å². The maximum absolute atomic E-state index is 12.6. The molecule has 1 amide bonds. The molecule has 26 heavy (non-hydrogen) atoms. The number of hydrogen-bond acceptors (Lipinski definition) is 4. The minimum absolute atomic E-state index is 0.00118. The molecule has 0 fully saturated rings. The lowest BCUT2D eigenvalue weighted by molar-refractivity contribution is 0.0949. The molecule has 0 saturated carbocycles. The Hall–Kier alpha value is -3.14. The first kappa shape index (κ1) is 17.7. The zero-order valence-corrected chi connectivity index (χ0v) is 14.3. The number of carbonyl (C=O) groups is 1. The molecule has 0 aliphatic carbocycles. The molecule has 0 radical (unpaired) electrons. The first-order valence-corrected chi connectivity index (χ1v) is 8.10. The van der Waals surface area contributed by atoms with Gasteiger partial charge in [0.25, 0.3) is 5.91 Å². The number of amides is 1. The smallest absolute Gasteiger partial charge is 0.257 e. The van der Waals surface area contributed by atoms with Crippen molar-refractivity contribution in [3.63, 3.8) is 0 Å². The lowest BCUT2D eigenvalue weighted by Crippen LogP contribution is -2.28. The van der Waals surface area contributed by atoms with Crippen LogP contribution in [0.4, 0.5) is 0 Å². The van der Waals surface area contributed by atoms with E-state index in [2.05, 4.69) is 27.1 Å². The van der Waals surface area contributed by atoms with Crippen LogP contribution in [0.2, 0.25) is 5.02 Å². The van der Waals surface area contributed by atoms with Crippen LogP contribution in [0.1, 0.15) is 21.6 Å².